The van der Waals surface area contributed by atoms with Crippen LogP contribution in [0.4, 0.5) is 5.69 Å². The summed E-state index contributed by atoms with van der Waals surface area (Å²) < 4.78 is 29.3. The van der Waals surface area contributed by atoms with Crippen molar-refractivity contribution in [3.05, 3.63) is 40.7 Å². The number of amides is 1. The Morgan fingerprint density at radius 2 is 1.85 bits per heavy atom. The van der Waals surface area contributed by atoms with E-state index in [1.165, 1.54) is 31.2 Å². The maximum atomic E-state index is 11.9. The molecule has 2 aromatic rings. The molecule has 0 unspecified atom stereocenters. The number of rotatable bonds is 4. The topological polar surface area (TPSA) is 72.5 Å². The highest BCUT2D eigenvalue weighted by Crippen LogP contribution is 2.28. The fourth-order valence-corrected chi connectivity index (χ4v) is 3.77. The van der Waals surface area contributed by atoms with E-state index in [9.17, 15) is 13.2 Å². The van der Waals surface area contributed by atoms with Crippen LogP contribution in [0.2, 0.25) is 4.34 Å². The Balaban J connectivity index is 2.15. The van der Waals surface area contributed by atoms with Gasteiger partial charge in [0, 0.05) is 12.6 Å². The highest BCUT2D eigenvalue weighted by atomic mass is 35.5. The van der Waals surface area contributed by atoms with Gasteiger partial charge in [-0.1, -0.05) is 11.6 Å². The predicted octanol–water partition coefficient (Wildman–Crippen LogP) is 3.13. The Morgan fingerprint density at radius 1 is 1.20 bits per heavy atom. The highest BCUT2D eigenvalue weighted by molar-refractivity contribution is 7.89. The molecule has 1 heterocycles. The fraction of sp³-hybridized carbons (Fsp3) is 0.0833. The molecule has 2 rings (SSSR count). The molecule has 20 heavy (non-hydrogen) atoms. The van der Waals surface area contributed by atoms with E-state index in [4.69, 9.17) is 15.8 Å². The standard InChI is InChI=1S/C12H10ClNO4S2/c1-8(15)14-9-2-4-10(5-3-9)18-20(16,17)12-7-6-11(13)19-12/h2-7H,1H3,(H,14,15). The molecule has 1 N–H and O–H groups in total. The zero-order valence-corrected chi connectivity index (χ0v) is 12.7. The molecule has 0 radical (unpaired) electrons. The average molecular weight is 332 g/mol. The summed E-state index contributed by atoms with van der Waals surface area (Å²) in [6.07, 6.45) is 0. The van der Waals surface area contributed by atoms with Gasteiger partial charge < -0.3 is 9.50 Å². The Hall–Kier alpha value is -1.57. The second-order valence-corrected chi connectivity index (χ2v) is 7.29. The van der Waals surface area contributed by atoms with E-state index >= 15 is 0 Å². The van der Waals surface area contributed by atoms with Crippen molar-refractivity contribution >= 4 is 44.7 Å². The first-order chi connectivity index (χ1) is 9.37. The summed E-state index contributed by atoms with van der Waals surface area (Å²) in [7, 11) is -3.88. The van der Waals surface area contributed by atoms with Crippen molar-refractivity contribution in [2.75, 3.05) is 5.32 Å². The number of benzene rings is 1. The van der Waals surface area contributed by atoms with E-state index in [0.717, 1.165) is 11.3 Å². The van der Waals surface area contributed by atoms with Crippen LogP contribution >= 0.6 is 22.9 Å². The average Bonchev–Trinajstić information content (AvgIpc) is 2.78. The van der Waals surface area contributed by atoms with Gasteiger partial charge in [0.05, 0.1) is 4.34 Å². The lowest BCUT2D eigenvalue weighted by atomic mass is 10.3. The molecule has 106 valence electrons. The molecule has 0 saturated carbocycles. The number of hydrogen-bond donors (Lipinski definition) is 1. The molecule has 0 atom stereocenters. The number of carbonyl (C=O) groups excluding carboxylic acids is 1. The molecular weight excluding hydrogens is 322 g/mol. The SMILES string of the molecule is CC(=O)Nc1ccc(OS(=O)(=O)c2ccc(Cl)s2)cc1. The van der Waals surface area contributed by atoms with Crippen LogP contribution in [0.15, 0.2) is 40.6 Å². The number of halogens is 1. The van der Waals surface area contributed by atoms with E-state index < -0.39 is 10.1 Å². The largest absolute Gasteiger partial charge is 0.378 e. The van der Waals surface area contributed by atoms with Gasteiger partial charge in [0.15, 0.2) is 4.21 Å². The molecule has 5 nitrogen and oxygen atoms in total. The van der Waals surface area contributed by atoms with Crippen LogP contribution in [0, 0.1) is 0 Å². The number of carbonyl (C=O) groups is 1. The molecule has 0 fully saturated rings. The van der Waals surface area contributed by atoms with Gasteiger partial charge in [-0.25, -0.2) is 0 Å². The predicted molar refractivity (Wildman–Crippen MR) is 77.9 cm³/mol. The van der Waals surface area contributed by atoms with Crippen molar-refractivity contribution in [1.29, 1.82) is 0 Å². The molecule has 0 aliphatic carbocycles. The molecular formula is C12H10ClNO4S2. The molecule has 0 saturated heterocycles. The summed E-state index contributed by atoms with van der Waals surface area (Å²) in [4.78, 5) is 10.9. The molecule has 0 aliphatic rings. The Bertz CT molecular complexity index is 722. The van der Waals surface area contributed by atoms with Crippen LogP contribution in [-0.2, 0) is 14.9 Å². The minimum Gasteiger partial charge on any atom is -0.378 e. The van der Waals surface area contributed by atoms with Gasteiger partial charge in [-0.15, -0.1) is 11.3 Å². The van der Waals surface area contributed by atoms with Crippen molar-refractivity contribution in [1.82, 2.24) is 0 Å². The van der Waals surface area contributed by atoms with Gasteiger partial charge in [-0.3, -0.25) is 4.79 Å². The van der Waals surface area contributed by atoms with E-state index in [-0.39, 0.29) is 15.9 Å². The van der Waals surface area contributed by atoms with Crippen molar-refractivity contribution in [3.8, 4) is 5.75 Å². The third-order valence-electron chi connectivity index (χ3n) is 2.18. The maximum absolute atomic E-state index is 11.9. The summed E-state index contributed by atoms with van der Waals surface area (Å²) >= 11 is 6.62. The van der Waals surface area contributed by atoms with Crippen LogP contribution in [0.5, 0.6) is 5.75 Å². The van der Waals surface area contributed by atoms with Crippen LogP contribution in [0.3, 0.4) is 0 Å². The van der Waals surface area contributed by atoms with E-state index in [1.807, 2.05) is 0 Å². The van der Waals surface area contributed by atoms with E-state index in [1.54, 1.807) is 12.1 Å². The number of hydrogen-bond acceptors (Lipinski definition) is 5. The smallest absolute Gasteiger partial charge is 0.348 e. The first-order valence-corrected chi connectivity index (χ1v) is 8.04. The van der Waals surface area contributed by atoms with Crippen LogP contribution in [0.25, 0.3) is 0 Å². The van der Waals surface area contributed by atoms with Crippen molar-refractivity contribution in [2.45, 2.75) is 11.1 Å². The highest BCUT2D eigenvalue weighted by Gasteiger charge is 2.19. The quantitative estimate of drug-likeness (QED) is 0.874. The number of nitrogens with one attached hydrogen (secondary N) is 1. The van der Waals surface area contributed by atoms with Gasteiger partial charge in [0.25, 0.3) is 0 Å². The van der Waals surface area contributed by atoms with Gasteiger partial charge in [0.2, 0.25) is 5.91 Å². The Morgan fingerprint density at radius 3 is 2.35 bits per heavy atom. The molecule has 0 aliphatic heterocycles. The first kappa shape index (κ1) is 14.8. The lowest BCUT2D eigenvalue weighted by Crippen LogP contribution is -2.08. The zero-order chi connectivity index (χ0) is 14.8. The first-order valence-electron chi connectivity index (χ1n) is 5.44. The van der Waals surface area contributed by atoms with Crippen LogP contribution < -0.4 is 9.50 Å². The zero-order valence-electron chi connectivity index (χ0n) is 10.3. The minimum atomic E-state index is -3.88. The van der Waals surface area contributed by atoms with Crippen molar-refractivity contribution < 1.29 is 17.4 Å². The monoisotopic (exact) mass is 331 g/mol. The molecule has 0 bridgehead atoms. The summed E-state index contributed by atoms with van der Waals surface area (Å²) in [6.45, 7) is 1.38. The van der Waals surface area contributed by atoms with E-state index in [0.29, 0.717) is 10.0 Å². The third-order valence-corrected chi connectivity index (χ3v) is 5.10. The van der Waals surface area contributed by atoms with Crippen molar-refractivity contribution in [2.24, 2.45) is 0 Å². The Kier molecular flexibility index (Phi) is 4.32. The molecule has 0 spiro atoms. The lowest BCUT2D eigenvalue weighted by molar-refractivity contribution is -0.114. The molecule has 1 aromatic heterocycles. The van der Waals surface area contributed by atoms with Crippen LogP contribution in [0.1, 0.15) is 6.92 Å². The number of anilines is 1. The normalized spacial score (nSPS) is 11.1. The minimum absolute atomic E-state index is 0.0356. The van der Waals surface area contributed by atoms with E-state index in [2.05, 4.69) is 5.32 Å². The van der Waals surface area contributed by atoms with Gasteiger partial charge in [0.1, 0.15) is 5.75 Å². The van der Waals surface area contributed by atoms with Gasteiger partial charge >= 0.3 is 10.1 Å². The fourth-order valence-electron chi connectivity index (χ4n) is 1.40. The van der Waals surface area contributed by atoms with Gasteiger partial charge in [-0.2, -0.15) is 8.42 Å². The Labute approximate surface area is 125 Å². The number of thiophene rings is 1. The summed E-state index contributed by atoms with van der Waals surface area (Å²) in [6, 6.07) is 8.88. The molecule has 1 aromatic carbocycles. The molecule has 1 amide bonds. The summed E-state index contributed by atoms with van der Waals surface area (Å²) in [5, 5.41) is 2.57. The molecule has 8 heteroatoms. The summed E-state index contributed by atoms with van der Waals surface area (Å²) in [5.41, 5.74) is 0.557. The van der Waals surface area contributed by atoms with Crippen LogP contribution in [-0.4, -0.2) is 14.3 Å². The second kappa shape index (κ2) is 5.82. The lowest BCUT2D eigenvalue weighted by Gasteiger charge is -2.06. The van der Waals surface area contributed by atoms with Crippen molar-refractivity contribution in [3.63, 3.8) is 0 Å². The second-order valence-electron chi connectivity index (χ2n) is 3.80. The van der Waals surface area contributed by atoms with Gasteiger partial charge in [-0.05, 0) is 36.4 Å². The maximum Gasteiger partial charge on any atom is 0.348 e. The third kappa shape index (κ3) is 3.72. The summed E-state index contributed by atoms with van der Waals surface area (Å²) in [5.74, 6) is -0.0526.